The van der Waals surface area contributed by atoms with Gasteiger partial charge in [-0.25, -0.2) is 0 Å². The van der Waals surface area contributed by atoms with Crippen LogP contribution in [0.25, 0.3) is 0 Å². The Hall–Kier alpha value is -1.56. The van der Waals surface area contributed by atoms with E-state index in [1.165, 1.54) is 34.2 Å². The van der Waals surface area contributed by atoms with Gasteiger partial charge in [-0.2, -0.15) is 0 Å². The zero-order chi connectivity index (χ0) is 27.2. The zero-order valence-corrected chi connectivity index (χ0v) is 26.0. The SMILES string of the molecule is CC(C)(C)c1cc(CCCc2c(C(C)(C)C)ccc(C(C)(C)C)c2C(C)(C)C)cc(C(C)(C)C)c1. The summed E-state index contributed by atoms with van der Waals surface area (Å²) in [6, 6.07) is 12.2. The smallest absolute Gasteiger partial charge is 0.0126 e. The van der Waals surface area contributed by atoms with Gasteiger partial charge in [-0.3, -0.25) is 0 Å². The van der Waals surface area contributed by atoms with Crippen molar-refractivity contribution in [2.75, 3.05) is 0 Å². The molecule has 0 amide bonds. The van der Waals surface area contributed by atoms with Crippen LogP contribution in [0.2, 0.25) is 0 Å². The van der Waals surface area contributed by atoms with E-state index in [-0.39, 0.29) is 27.1 Å². The van der Waals surface area contributed by atoms with Gasteiger partial charge in [-0.05, 0) is 85.3 Å². The Morgan fingerprint density at radius 3 is 1.26 bits per heavy atom. The number of hydrogen-bond acceptors (Lipinski definition) is 0. The summed E-state index contributed by atoms with van der Waals surface area (Å²) in [5, 5.41) is 0. The molecule has 0 aliphatic carbocycles. The molecule has 0 unspecified atom stereocenters. The number of benzene rings is 2. The molecule has 2 aromatic rings. The molecule has 196 valence electrons. The van der Waals surface area contributed by atoms with Crippen LogP contribution < -0.4 is 0 Å². The average molecular weight is 477 g/mol. The summed E-state index contributed by atoms with van der Waals surface area (Å²) < 4.78 is 0. The molecular formula is C35H56. The summed E-state index contributed by atoms with van der Waals surface area (Å²) in [6.45, 7) is 35.4. The lowest BCUT2D eigenvalue weighted by Gasteiger charge is -2.36. The van der Waals surface area contributed by atoms with Gasteiger partial charge in [0.1, 0.15) is 0 Å². The van der Waals surface area contributed by atoms with Crippen LogP contribution in [-0.2, 0) is 39.9 Å². The Morgan fingerprint density at radius 2 is 0.886 bits per heavy atom. The van der Waals surface area contributed by atoms with E-state index in [0.717, 1.165) is 12.8 Å². The van der Waals surface area contributed by atoms with Gasteiger partial charge in [0.25, 0.3) is 0 Å². The molecule has 0 spiro atoms. The molecule has 0 nitrogen and oxygen atoms in total. The zero-order valence-electron chi connectivity index (χ0n) is 26.0. The maximum atomic E-state index is 2.47. The van der Waals surface area contributed by atoms with Crippen LogP contribution in [0.5, 0.6) is 0 Å². The Bertz CT molecular complexity index is 980. The van der Waals surface area contributed by atoms with Crippen molar-refractivity contribution in [3.8, 4) is 0 Å². The lowest BCUT2D eigenvalue weighted by Crippen LogP contribution is -2.27. The van der Waals surface area contributed by atoms with Gasteiger partial charge < -0.3 is 0 Å². The van der Waals surface area contributed by atoms with Crippen molar-refractivity contribution in [2.45, 2.75) is 150 Å². The molecule has 0 atom stereocenters. The summed E-state index contributed by atoms with van der Waals surface area (Å²) >= 11 is 0. The highest BCUT2D eigenvalue weighted by atomic mass is 14.4. The molecule has 0 fully saturated rings. The van der Waals surface area contributed by atoms with Crippen molar-refractivity contribution in [3.63, 3.8) is 0 Å². The molecule has 0 heteroatoms. The van der Waals surface area contributed by atoms with E-state index < -0.39 is 0 Å². The van der Waals surface area contributed by atoms with E-state index in [9.17, 15) is 0 Å². The summed E-state index contributed by atoms with van der Waals surface area (Å²) in [6.07, 6.45) is 3.44. The van der Waals surface area contributed by atoms with Crippen LogP contribution >= 0.6 is 0 Å². The molecule has 0 bridgehead atoms. The van der Waals surface area contributed by atoms with Crippen molar-refractivity contribution in [2.24, 2.45) is 0 Å². The summed E-state index contributed by atoms with van der Waals surface area (Å²) in [5.41, 5.74) is 11.3. The molecule has 2 aromatic carbocycles. The van der Waals surface area contributed by atoms with Crippen LogP contribution in [-0.4, -0.2) is 0 Å². The molecular weight excluding hydrogens is 420 g/mol. The molecule has 0 aliphatic heterocycles. The lowest BCUT2D eigenvalue weighted by atomic mass is 9.68. The van der Waals surface area contributed by atoms with Gasteiger partial charge in [0.05, 0.1) is 0 Å². The molecule has 0 N–H and O–H groups in total. The van der Waals surface area contributed by atoms with Gasteiger partial charge in [0, 0.05) is 0 Å². The van der Waals surface area contributed by atoms with E-state index in [4.69, 9.17) is 0 Å². The van der Waals surface area contributed by atoms with E-state index in [1.807, 2.05) is 0 Å². The monoisotopic (exact) mass is 476 g/mol. The highest BCUT2D eigenvalue weighted by molar-refractivity contribution is 5.50. The number of rotatable bonds is 4. The number of aryl methyl sites for hydroxylation is 1. The minimum atomic E-state index is 0.116. The highest BCUT2D eigenvalue weighted by Gasteiger charge is 2.31. The summed E-state index contributed by atoms with van der Waals surface area (Å²) in [5.74, 6) is 0. The van der Waals surface area contributed by atoms with Gasteiger partial charge >= 0.3 is 0 Å². The topological polar surface area (TPSA) is 0 Å². The van der Waals surface area contributed by atoms with Gasteiger partial charge in [0.2, 0.25) is 0 Å². The van der Waals surface area contributed by atoms with Crippen LogP contribution in [0.3, 0.4) is 0 Å². The Kier molecular flexibility index (Phi) is 8.24. The quantitative estimate of drug-likeness (QED) is 0.411. The van der Waals surface area contributed by atoms with Gasteiger partial charge in [-0.15, -0.1) is 0 Å². The van der Waals surface area contributed by atoms with Gasteiger partial charge in [-0.1, -0.05) is 134 Å². The first-order valence-electron chi connectivity index (χ1n) is 13.8. The van der Waals surface area contributed by atoms with Crippen molar-refractivity contribution in [1.82, 2.24) is 0 Å². The number of hydrogen-bond donors (Lipinski definition) is 0. The maximum absolute atomic E-state index is 2.47. The first-order valence-corrected chi connectivity index (χ1v) is 13.8. The molecule has 0 heterocycles. The Morgan fingerprint density at radius 1 is 0.457 bits per heavy atom. The minimum absolute atomic E-state index is 0.116. The van der Waals surface area contributed by atoms with Crippen LogP contribution in [0.4, 0.5) is 0 Å². The molecule has 0 aromatic heterocycles. The van der Waals surface area contributed by atoms with Crippen LogP contribution in [0.1, 0.15) is 149 Å². The van der Waals surface area contributed by atoms with E-state index in [1.54, 1.807) is 11.1 Å². The van der Waals surface area contributed by atoms with Crippen LogP contribution in [0, 0.1) is 0 Å². The summed E-state index contributed by atoms with van der Waals surface area (Å²) in [4.78, 5) is 0. The molecule has 0 saturated carbocycles. The van der Waals surface area contributed by atoms with Crippen molar-refractivity contribution < 1.29 is 0 Å². The highest BCUT2D eigenvalue weighted by Crippen LogP contribution is 2.41. The lowest BCUT2D eigenvalue weighted by molar-refractivity contribution is 0.512. The maximum Gasteiger partial charge on any atom is -0.0126 e. The average Bonchev–Trinajstić information content (AvgIpc) is 2.63. The fourth-order valence-corrected chi connectivity index (χ4v) is 5.26. The molecule has 35 heavy (non-hydrogen) atoms. The standard InChI is InChI=1S/C35H56/c1-31(2,3)25-21-24(22-26(23-25)32(4,5)6)17-16-18-27-28(33(7,8)9)19-20-29(34(10,11)12)30(27)35(13,14)15/h19-23H,16-18H2,1-15H3. The molecule has 0 radical (unpaired) electrons. The molecule has 2 rings (SSSR count). The van der Waals surface area contributed by atoms with E-state index >= 15 is 0 Å². The Balaban J connectivity index is 2.55. The first kappa shape index (κ1) is 29.7. The third-order valence-corrected chi connectivity index (χ3v) is 7.30. The predicted octanol–water partition coefficient (Wildman–Crippen LogP) is 10.3. The fourth-order valence-electron chi connectivity index (χ4n) is 5.26. The largest absolute Gasteiger partial charge is 0.0579 e. The Labute approximate surface area is 219 Å². The fraction of sp³-hybridized carbons (Fsp3) is 0.657. The molecule has 0 aliphatic rings. The third kappa shape index (κ3) is 7.47. The molecule has 0 saturated heterocycles. The second kappa shape index (κ2) is 9.72. The van der Waals surface area contributed by atoms with Crippen LogP contribution in [0.15, 0.2) is 30.3 Å². The van der Waals surface area contributed by atoms with E-state index in [0.29, 0.717) is 0 Å². The first-order chi connectivity index (χ1) is 15.5. The third-order valence-electron chi connectivity index (χ3n) is 7.30. The van der Waals surface area contributed by atoms with Crippen molar-refractivity contribution in [1.29, 1.82) is 0 Å². The second-order valence-electron chi connectivity index (χ2n) is 16.0. The second-order valence-corrected chi connectivity index (χ2v) is 16.0. The van der Waals surface area contributed by atoms with E-state index in [2.05, 4.69) is 134 Å². The normalized spacial score (nSPS) is 13.9. The summed E-state index contributed by atoms with van der Waals surface area (Å²) in [7, 11) is 0. The minimum Gasteiger partial charge on any atom is -0.0579 e. The van der Waals surface area contributed by atoms with Crippen molar-refractivity contribution in [3.05, 3.63) is 69.3 Å². The predicted molar refractivity (Wildman–Crippen MR) is 158 cm³/mol. The van der Waals surface area contributed by atoms with Crippen molar-refractivity contribution >= 4 is 0 Å². The van der Waals surface area contributed by atoms with Gasteiger partial charge in [0.15, 0.2) is 0 Å².